The van der Waals surface area contributed by atoms with Gasteiger partial charge in [-0.05, 0) is 13.0 Å². The maximum Gasteiger partial charge on any atom is 0.270 e. The number of rotatable bonds is 4. The van der Waals surface area contributed by atoms with E-state index in [-0.39, 0.29) is 11.6 Å². The lowest BCUT2D eigenvalue weighted by molar-refractivity contribution is -0.384. The molecule has 0 aliphatic carbocycles. The standard InChI is InChI=1S/C13H15N3O3/c1-8(9(2)17)12-7-13(15-14-12)10-4-3-5-11(6-10)16(18)19/h3-9,17H,1-2H3,(H,14,15). The second kappa shape index (κ2) is 5.19. The summed E-state index contributed by atoms with van der Waals surface area (Å²) >= 11 is 0. The summed E-state index contributed by atoms with van der Waals surface area (Å²) in [6.45, 7) is 3.59. The molecule has 1 aromatic carbocycles. The first-order valence-electron chi connectivity index (χ1n) is 5.97. The average molecular weight is 261 g/mol. The Morgan fingerprint density at radius 2 is 2.11 bits per heavy atom. The second-order valence-corrected chi connectivity index (χ2v) is 4.55. The zero-order valence-corrected chi connectivity index (χ0v) is 10.7. The molecule has 0 fully saturated rings. The Morgan fingerprint density at radius 3 is 2.74 bits per heavy atom. The van der Waals surface area contributed by atoms with Gasteiger partial charge in [0.25, 0.3) is 5.69 Å². The van der Waals surface area contributed by atoms with Crippen LogP contribution in [0.5, 0.6) is 0 Å². The highest BCUT2D eigenvalue weighted by Gasteiger charge is 2.16. The highest BCUT2D eigenvalue weighted by atomic mass is 16.6. The predicted octanol–water partition coefficient (Wildman–Crippen LogP) is 2.47. The van der Waals surface area contributed by atoms with Crippen molar-refractivity contribution in [3.8, 4) is 11.3 Å². The summed E-state index contributed by atoms with van der Waals surface area (Å²) in [4.78, 5) is 10.3. The first kappa shape index (κ1) is 13.2. The van der Waals surface area contributed by atoms with Crippen molar-refractivity contribution in [2.75, 3.05) is 0 Å². The number of nitro benzene ring substituents is 1. The highest BCUT2D eigenvalue weighted by Crippen LogP contribution is 2.25. The molecule has 100 valence electrons. The molecule has 2 N–H and O–H groups in total. The molecule has 1 aromatic heterocycles. The summed E-state index contributed by atoms with van der Waals surface area (Å²) in [6, 6.07) is 8.11. The topological polar surface area (TPSA) is 92.1 Å². The minimum absolute atomic E-state index is 0.0330. The summed E-state index contributed by atoms with van der Waals surface area (Å²) in [5.41, 5.74) is 2.14. The van der Waals surface area contributed by atoms with Crippen LogP contribution in [0.3, 0.4) is 0 Å². The summed E-state index contributed by atoms with van der Waals surface area (Å²) in [5.74, 6) is -0.0695. The lowest BCUT2D eigenvalue weighted by Gasteiger charge is -2.11. The number of nitrogens with one attached hydrogen (secondary N) is 1. The van der Waals surface area contributed by atoms with Gasteiger partial charge in [-0.3, -0.25) is 15.2 Å². The smallest absolute Gasteiger partial charge is 0.270 e. The van der Waals surface area contributed by atoms with Crippen LogP contribution in [-0.4, -0.2) is 26.3 Å². The third kappa shape index (κ3) is 2.79. The minimum atomic E-state index is -0.488. The number of benzene rings is 1. The van der Waals surface area contributed by atoms with Gasteiger partial charge in [0.2, 0.25) is 0 Å². The number of aliphatic hydroxyl groups excluding tert-OH is 1. The van der Waals surface area contributed by atoms with Crippen molar-refractivity contribution in [3.05, 3.63) is 46.1 Å². The van der Waals surface area contributed by atoms with Crippen LogP contribution in [0.25, 0.3) is 11.3 Å². The van der Waals surface area contributed by atoms with E-state index >= 15 is 0 Å². The lowest BCUT2D eigenvalue weighted by atomic mass is 10.0. The van der Waals surface area contributed by atoms with Gasteiger partial charge in [0.05, 0.1) is 16.7 Å². The van der Waals surface area contributed by atoms with Crippen LogP contribution in [0.2, 0.25) is 0 Å². The Morgan fingerprint density at radius 1 is 1.37 bits per heavy atom. The van der Waals surface area contributed by atoms with Crippen LogP contribution < -0.4 is 0 Å². The van der Waals surface area contributed by atoms with Gasteiger partial charge in [-0.25, -0.2) is 0 Å². The molecule has 0 radical (unpaired) electrons. The molecular formula is C13H15N3O3. The van der Waals surface area contributed by atoms with Crippen molar-refractivity contribution < 1.29 is 10.0 Å². The van der Waals surface area contributed by atoms with Crippen LogP contribution in [0.15, 0.2) is 30.3 Å². The Kier molecular flexibility index (Phi) is 3.62. The first-order valence-corrected chi connectivity index (χ1v) is 5.97. The number of nitrogens with zero attached hydrogens (tertiary/aromatic N) is 2. The van der Waals surface area contributed by atoms with Crippen molar-refractivity contribution in [1.29, 1.82) is 0 Å². The molecule has 0 aliphatic rings. The summed E-state index contributed by atoms with van der Waals surface area (Å²) in [5, 5.41) is 27.3. The maximum atomic E-state index is 10.7. The molecule has 19 heavy (non-hydrogen) atoms. The number of H-pyrrole nitrogens is 1. The molecule has 6 heteroatoms. The van der Waals surface area contributed by atoms with Gasteiger partial charge in [0.15, 0.2) is 0 Å². The molecule has 0 bridgehead atoms. The van der Waals surface area contributed by atoms with Crippen LogP contribution in [-0.2, 0) is 0 Å². The maximum absolute atomic E-state index is 10.7. The second-order valence-electron chi connectivity index (χ2n) is 4.55. The minimum Gasteiger partial charge on any atom is -0.393 e. The van der Waals surface area contributed by atoms with Crippen LogP contribution in [0, 0.1) is 10.1 Å². The fourth-order valence-electron chi connectivity index (χ4n) is 1.76. The number of hydrogen-bond acceptors (Lipinski definition) is 4. The van der Waals surface area contributed by atoms with E-state index in [0.717, 1.165) is 5.69 Å². The molecule has 2 aromatic rings. The Bertz CT molecular complexity index is 592. The van der Waals surface area contributed by atoms with E-state index in [9.17, 15) is 15.2 Å². The number of aliphatic hydroxyl groups is 1. The molecular weight excluding hydrogens is 246 g/mol. The summed E-state index contributed by atoms with van der Waals surface area (Å²) in [7, 11) is 0. The number of aromatic amines is 1. The highest BCUT2D eigenvalue weighted by molar-refractivity contribution is 5.62. The van der Waals surface area contributed by atoms with Gasteiger partial charge in [-0.2, -0.15) is 5.10 Å². The normalized spacial score (nSPS) is 14.1. The Labute approximate surface area is 110 Å². The molecule has 0 spiro atoms. The number of aromatic nitrogens is 2. The Balaban J connectivity index is 2.33. The van der Waals surface area contributed by atoms with Gasteiger partial charge < -0.3 is 5.11 Å². The molecule has 0 saturated carbocycles. The largest absolute Gasteiger partial charge is 0.393 e. The fraction of sp³-hybridized carbons (Fsp3) is 0.308. The van der Waals surface area contributed by atoms with Gasteiger partial charge in [-0.15, -0.1) is 0 Å². The molecule has 2 atom stereocenters. The lowest BCUT2D eigenvalue weighted by Crippen LogP contribution is -2.11. The number of non-ortho nitro benzene ring substituents is 1. The monoisotopic (exact) mass is 261 g/mol. The number of hydrogen-bond donors (Lipinski definition) is 2. The average Bonchev–Trinajstić information content (AvgIpc) is 2.87. The zero-order chi connectivity index (χ0) is 14.0. The van der Waals surface area contributed by atoms with Gasteiger partial charge in [0.1, 0.15) is 0 Å². The van der Waals surface area contributed by atoms with Crippen molar-refractivity contribution in [3.63, 3.8) is 0 Å². The van der Waals surface area contributed by atoms with Gasteiger partial charge in [0, 0.05) is 29.3 Å². The van der Waals surface area contributed by atoms with E-state index in [1.165, 1.54) is 12.1 Å². The van der Waals surface area contributed by atoms with Gasteiger partial charge in [-0.1, -0.05) is 19.1 Å². The van der Waals surface area contributed by atoms with E-state index in [0.29, 0.717) is 11.3 Å². The van der Waals surface area contributed by atoms with Gasteiger partial charge >= 0.3 is 0 Å². The van der Waals surface area contributed by atoms with Crippen molar-refractivity contribution in [2.24, 2.45) is 0 Å². The predicted molar refractivity (Wildman–Crippen MR) is 70.8 cm³/mol. The van der Waals surface area contributed by atoms with Crippen LogP contribution in [0.4, 0.5) is 5.69 Å². The van der Waals surface area contributed by atoms with E-state index in [1.807, 2.05) is 6.92 Å². The van der Waals surface area contributed by atoms with E-state index in [4.69, 9.17) is 0 Å². The van der Waals surface area contributed by atoms with E-state index < -0.39 is 11.0 Å². The molecule has 2 unspecified atom stereocenters. The molecule has 0 amide bonds. The molecule has 0 aliphatic heterocycles. The van der Waals surface area contributed by atoms with Crippen LogP contribution in [0.1, 0.15) is 25.5 Å². The third-order valence-corrected chi connectivity index (χ3v) is 3.16. The fourth-order valence-corrected chi connectivity index (χ4v) is 1.76. The van der Waals surface area contributed by atoms with Crippen LogP contribution >= 0.6 is 0 Å². The van der Waals surface area contributed by atoms with E-state index in [2.05, 4.69) is 10.2 Å². The SMILES string of the molecule is CC(O)C(C)c1cc(-c2cccc([N+](=O)[O-])c2)n[nH]1. The molecule has 6 nitrogen and oxygen atoms in total. The zero-order valence-electron chi connectivity index (χ0n) is 10.7. The third-order valence-electron chi connectivity index (χ3n) is 3.16. The van der Waals surface area contributed by atoms with Crippen molar-refractivity contribution >= 4 is 5.69 Å². The molecule has 2 rings (SSSR count). The Hall–Kier alpha value is -2.21. The molecule has 1 heterocycles. The number of nitro groups is 1. The molecule has 0 saturated heterocycles. The van der Waals surface area contributed by atoms with Crippen molar-refractivity contribution in [2.45, 2.75) is 25.9 Å². The first-order chi connectivity index (χ1) is 8.99. The van der Waals surface area contributed by atoms with Crippen molar-refractivity contribution in [1.82, 2.24) is 10.2 Å². The summed E-state index contributed by atoms with van der Waals surface area (Å²) < 4.78 is 0. The summed E-state index contributed by atoms with van der Waals surface area (Å²) in [6.07, 6.45) is -0.488. The quantitative estimate of drug-likeness (QED) is 0.653. The van der Waals surface area contributed by atoms with E-state index in [1.54, 1.807) is 25.1 Å².